The van der Waals surface area contributed by atoms with E-state index in [0.29, 0.717) is 12.8 Å². The van der Waals surface area contributed by atoms with E-state index in [2.05, 4.69) is 31.3 Å². The molecule has 0 spiro atoms. The van der Waals surface area contributed by atoms with E-state index in [1.54, 1.807) is 6.08 Å². The number of unbranched alkanes of at least 4 members (excludes halogenated alkanes) is 26. The van der Waals surface area contributed by atoms with Gasteiger partial charge in [0.2, 0.25) is 5.91 Å². The smallest absolute Gasteiger partial charge is 0.220 e. The third-order valence-corrected chi connectivity index (χ3v) is 15.3. The average Bonchev–Trinajstić information content (AvgIpc) is 3.43. The van der Waals surface area contributed by atoms with Crippen molar-refractivity contribution in [1.82, 2.24) is 5.32 Å². The van der Waals surface area contributed by atoms with E-state index in [1.807, 2.05) is 6.08 Å². The summed E-state index contributed by atoms with van der Waals surface area (Å²) in [4.78, 5) is 13.3. The molecule has 3 aliphatic heterocycles. The lowest BCUT2D eigenvalue weighted by molar-refractivity contribution is -0.379. The monoisotopic (exact) mass is 1110 g/mol. The van der Waals surface area contributed by atoms with Crippen LogP contribution in [-0.4, -0.2) is 193 Å². The van der Waals surface area contributed by atoms with E-state index in [9.17, 15) is 61.0 Å². The molecule has 0 saturated carbocycles. The minimum Gasteiger partial charge on any atom is -0.394 e. The third-order valence-electron chi connectivity index (χ3n) is 15.3. The van der Waals surface area contributed by atoms with Crippen LogP contribution in [0.15, 0.2) is 24.3 Å². The molecule has 0 aromatic heterocycles. The van der Waals surface area contributed by atoms with Crippen LogP contribution >= 0.6 is 0 Å². The van der Waals surface area contributed by atoms with Crippen molar-refractivity contribution in [3.8, 4) is 0 Å². The molecule has 3 fully saturated rings. The summed E-state index contributed by atoms with van der Waals surface area (Å²) < 4.78 is 34.2. The molecule has 0 aromatic carbocycles. The second-order valence-corrected chi connectivity index (χ2v) is 21.8. The fourth-order valence-corrected chi connectivity index (χ4v) is 10.3. The van der Waals surface area contributed by atoms with E-state index in [-0.39, 0.29) is 18.9 Å². The van der Waals surface area contributed by atoms with Gasteiger partial charge in [0, 0.05) is 6.42 Å². The van der Waals surface area contributed by atoms with Gasteiger partial charge < -0.3 is 89.9 Å². The molecule has 0 aromatic rings. The van der Waals surface area contributed by atoms with Crippen LogP contribution in [0.4, 0.5) is 0 Å². The van der Waals surface area contributed by atoms with E-state index >= 15 is 0 Å². The number of hydrogen-bond acceptors (Lipinski definition) is 18. The molecule has 0 radical (unpaired) electrons. The Labute approximate surface area is 460 Å². The van der Waals surface area contributed by atoms with E-state index < -0.39 is 124 Å². The van der Waals surface area contributed by atoms with Crippen LogP contribution in [0.5, 0.6) is 0 Å². The second-order valence-electron chi connectivity index (χ2n) is 21.8. The maximum atomic E-state index is 13.3. The van der Waals surface area contributed by atoms with Gasteiger partial charge in [0.15, 0.2) is 18.9 Å². The quantitative estimate of drug-likeness (QED) is 0.0277. The SMILES string of the molecule is CCCCCCCCCCCCCCC/C=C/CC/C=C/C(O)C(COC1OC(CO)C(OC2OC(CO)C(OC3OC(CO)C(O)C(O)C3O)C(O)C2O)C(O)C1O)NC(=O)CCCCCCCCCCCCCCC. The van der Waals surface area contributed by atoms with Gasteiger partial charge in [0.25, 0.3) is 0 Å². The lowest BCUT2D eigenvalue weighted by Crippen LogP contribution is -2.66. The molecule has 452 valence electrons. The molecule has 0 bridgehead atoms. The fraction of sp³-hybridized carbons (Fsp3) is 0.914. The molecule has 19 nitrogen and oxygen atoms in total. The summed E-state index contributed by atoms with van der Waals surface area (Å²) in [5.74, 6) is -0.285. The molecule has 77 heavy (non-hydrogen) atoms. The normalized spacial score (nSPS) is 30.8. The van der Waals surface area contributed by atoms with Crippen LogP contribution in [0.2, 0.25) is 0 Å². The number of allylic oxidation sites excluding steroid dienone is 3. The van der Waals surface area contributed by atoms with Gasteiger partial charge in [0.05, 0.1) is 38.6 Å². The average molecular weight is 1110 g/mol. The van der Waals surface area contributed by atoms with Crippen LogP contribution in [0.25, 0.3) is 0 Å². The van der Waals surface area contributed by atoms with Crippen LogP contribution in [0, 0.1) is 0 Å². The Bertz CT molecular complexity index is 1510. The third kappa shape index (κ3) is 26.4. The first-order chi connectivity index (χ1) is 37.3. The van der Waals surface area contributed by atoms with Crippen molar-refractivity contribution >= 4 is 5.91 Å². The Morgan fingerprint density at radius 1 is 0.455 bits per heavy atom. The minimum atomic E-state index is -1.98. The van der Waals surface area contributed by atoms with Crippen molar-refractivity contribution in [2.24, 2.45) is 0 Å². The molecule has 3 heterocycles. The minimum absolute atomic E-state index is 0.239. The summed E-state index contributed by atoms with van der Waals surface area (Å²) in [6, 6.07) is -0.984. The summed E-state index contributed by atoms with van der Waals surface area (Å²) >= 11 is 0. The van der Waals surface area contributed by atoms with Crippen molar-refractivity contribution in [2.75, 3.05) is 26.4 Å². The van der Waals surface area contributed by atoms with Gasteiger partial charge in [-0.15, -0.1) is 0 Å². The van der Waals surface area contributed by atoms with Crippen LogP contribution in [-0.2, 0) is 33.2 Å². The molecule has 3 saturated heterocycles. The predicted octanol–water partition coefficient (Wildman–Crippen LogP) is 5.15. The first kappa shape index (κ1) is 69.5. The summed E-state index contributed by atoms with van der Waals surface area (Å²) in [5.41, 5.74) is 0. The van der Waals surface area contributed by atoms with Gasteiger partial charge in [-0.2, -0.15) is 0 Å². The highest BCUT2D eigenvalue weighted by atomic mass is 16.8. The molecule has 12 N–H and O–H groups in total. The molecule has 19 heteroatoms. The number of aliphatic hydroxyl groups excluding tert-OH is 11. The Kier molecular flexibility index (Phi) is 38.1. The van der Waals surface area contributed by atoms with Crippen molar-refractivity contribution in [3.05, 3.63) is 24.3 Å². The maximum Gasteiger partial charge on any atom is 0.220 e. The number of carbonyl (C=O) groups excluding carboxylic acids is 1. The topological polar surface area (TPSA) is 307 Å². The lowest BCUT2D eigenvalue weighted by atomic mass is 9.96. The number of aliphatic hydroxyl groups is 11. The van der Waals surface area contributed by atoms with Gasteiger partial charge in [-0.1, -0.05) is 192 Å². The second kappa shape index (κ2) is 42.1. The highest BCUT2D eigenvalue weighted by Gasteiger charge is 2.53. The van der Waals surface area contributed by atoms with Crippen molar-refractivity contribution in [3.63, 3.8) is 0 Å². The van der Waals surface area contributed by atoms with Crippen molar-refractivity contribution in [2.45, 2.75) is 311 Å². The number of ether oxygens (including phenoxy) is 6. The summed E-state index contributed by atoms with van der Waals surface area (Å²) in [5, 5.41) is 120. The predicted molar refractivity (Wildman–Crippen MR) is 291 cm³/mol. The zero-order chi connectivity index (χ0) is 56.2. The Morgan fingerprint density at radius 2 is 0.831 bits per heavy atom. The fourth-order valence-electron chi connectivity index (χ4n) is 10.3. The Hall–Kier alpha value is -1.73. The summed E-state index contributed by atoms with van der Waals surface area (Å²) in [6.45, 7) is 1.70. The first-order valence-corrected chi connectivity index (χ1v) is 30.1. The standard InChI is InChI=1S/C58H107NO18/c1-3-5-7-9-11-13-15-17-18-19-20-21-22-24-25-27-29-31-33-35-42(63)41(59-46(64)36-34-32-30-28-26-23-16-14-12-10-8-6-4-2)40-72-56-52(70)49(67)54(44(38-61)74-56)77-58-53(71)50(68)55(45(39-62)75-58)76-57-51(69)48(66)47(65)43(37-60)73-57/h25,27,33,35,41-45,47-58,60-63,65-71H,3-24,26,28-32,34,36-40H2,1-2H3,(H,59,64)/b27-25+,35-33+. The van der Waals surface area contributed by atoms with E-state index in [0.717, 1.165) is 38.5 Å². The molecular formula is C58H107NO18. The van der Waals surface area contributed by atoms with Crippen LogP contribution in [0.3, 0.4) is 0 Å². The molecule has 0 aliphatic carbocycles. The maximum absolute atomic E-state index is 13.3. The molecule has 17 atom stereocenters. The Morgan fingerprint density at radius 3 is 1.30 bits per heavy atom. The van der Waals surface area contributed by atoms with Crippen molar-refractivity contribution in [1.29, 1.82) is 0 Å². The van der Waals surface area contributed by atoms with Crippen LogP contribution < -0.4 is 5.32 Å². The molecular weight excluding hydrogens is 999 g/mol. The zero-order valence-corrected chi connectivity index (χ0v) is 46.9. The number of rotatable bonds is 44. The van der Waals surface area contributed by atoms with Gasteiger partial charge in [-0.25, -0.2) is 0 Å². The summed E-state index contributed by atoms with van der Waals surface area (Å²) in [6.07, 6.45) is 15.9. The van der Waals surface area contributed by atoms with Gasteiger partial charge in [-0.05, 0) is 32.1 Å². The molecule has 1 amide bonds. The first-order valence-electron chi connectivity index (χ1n) is 30.1. The molecule has 17 unspecified atom stereocenters. The number of nitrogens with one attached hydrogen (secondary N) is 1. The van der Waals surface area contributed by atoms with Crippen molar-refractivity contribution < 1.29 is 89.4 Å². The van der Waals surface area contributed by atoms with Crippen LogP contribution in [0.1, 0.15) is 206 Å². The van der Waals surface area contributed by atoms with E-state index in [1.165, 1.54) is 135 Å². The van der Waals surface area contributed by atoms with Gasteiger partial charge in [-0.3, -0.25) is 4.79 Å². The number of amides is 1. The molecule has 3 rings (SSSR count). The number of hydrogen-bond donors (Lipinski definition) is 12. The highest BCUT2D eigenvalue weighted by Crippen LogP contribution is 2.33. The molecule has 3 aliphatic rings. The van der Waals surface area contributed by atoms with E-state index in [4.69, 9.17) is 28.4 Å². The lowest BCUT2D eigenvalue weighted by Gasteiger charge is -2.48. The van der Waals surface area contributed by atoms with Gasteiger partial charge in [0.1, 0.15) is 73.2 Å². The largest absolute Gasteiger partial charge is 0.394 e. The zero-order valence-electron chi connectivity index (χ0n) is 46.9. The highest BCUT2D eigenvalue weighted by molar-refractivity contribution is 5.76. The number of carbonyl (C=O) groups is 1. The Balaban J connectivity index is 1.52. The van der Waals surface area contributed by atoms with Gasteiger partial charge >= 0.3 is 0 Å². The summed E-state index contributed by atoms with van der Waals surface area (Å²) in [7, 11) is 0.